The molecular formula is C16H25N3. The van der Waals surface area contributed by atoms with E-state index in [0.717, 1.165) is 26.1 Å². The monoisotopic (exact) mass is 259 g/mol. The highest BCUT2D eigenvalue weighted by Gasteiger charge is 2.30. The molecule has 1 aromatic carbocycles. The third-order valence-corrected chi connectivity index (χ3v) is 4.82. The standard InChI is InChI=1S/C16H25N3/c1-18-12-13-19(15-7-3-2-6-14(15)18)11-10-16(17)8-4-5-9-16/h2-3,6-7H,4-5,8-13,17H2,1H3. The second-order valence-corrected chi connectivity index (χ2v) is 6.22. The molecule has 19 heavy (non-hydrogen) atoms. The van der Waals surface area contributed by atoms with Crippen molar-refractivity contribution >= 4 is 11.4 Å². The Morgan fingerprint density at radius 2 is 1.79 bits per heavy atom. The van der Waals surface area contributed by atoms with Crippen molar-refractivity contribution in [2.24, 2.45) is 5.73 Å². The molecule has 1 fully saturated rings. The molecule has 1 aliphatic heterocycles. The zero-order valence-corrected chi connectivity index (χ0v) is 11.9. The Labute approximate surface area is 116 Å². The highest BCUT2D eigenvalue weighted by molar-refractivity contribution is 5.73. The van der Waals surface area contributed by atoms with Crippen molar-refractivity contribution in [3.8, 4) is 0 Å². The second kappa shape index (κ2) is 5.04. The van der Waals surface area contributed by atoms with Gasteiger partial charge in [-0.3, -0.25) is 0 Å². The van der Waals surface area contributed by atoms with E-state index in [0.29, 0.717) is 0 Å². The smallest absolute Gasteiger partial charge is 0.0604 e. The number of para-hydroxylation sites is 2. The Bertz CT molecular complexity index is 437. The SMILES string of the molecule is CN1CCN(CCC2(N)CCCC2)c2ccccc21. The van der Waals surface area contributed by atoms with Gasteiger partial charge < -0.3 is 15.5 Å². The number of rotatable bonds is 3. The van der Waals surface area contributed by atoms with Gasteiger partial charge in [-0.25, -0.2) is 0 Å². The summed E-state index contributed by atoms with van der Waals surface area (Å²) >= 11 is 0. The molecule has 1 aromatic rings. The lowest BCUT2D eigenvalue weighted by molar-refractivity contribution is 0.405. The van der Waals surface area contributed by atoms with Crippen LogP contribution >= 0.6 is 0 Å². The van der Waals surface area contributed by atoms with E-state index in [1.807, 2.05) is 0 Å². The van der Waals surface area contributed by atoms with Crippen LogP contribution in [0.15, 0.2) is 24.3 Å². The van der Waals surface area contributed by atoms with Gasteiger partial charge >= 0.3 is 0 Å². The molecule has 3 heteroatoms. The molecule has 1 saturated carbocycles. The summed E-state index contributed by atoms with van der Waals surface area (Å²) in [5.74, 6) is 0. The van der Waals surface area contributed by atoms with Gasteiger partial charge in [0.2, 0.25) is 0 Å². The normalized spacial score (nSPS) is 21.6. The third-order valence-electron chi connectivity index (χ3n) is 4.82. The Hall–Kier alpha value is -1.22. The van der Waals surface area contributed by atoms with Crippen molar-refractivity contribution in [1.82, 2.24) is 0 Å². The predicted octanol–water partition coefficient (Wildman–Crippen LogP) is 2.60. The average Bonchev–Trinajstić information content (AvgIpc) is 2.86. The van der Waals surface area contributed by atoms with E-state index in [1.54, 1.807) is 0 Å². The number of hydrogen-bond acceptors (Lipinski definition) is 3. The fourth-order valence-corrected chi connectivity index (χ4v) is 3.48. The molecule has 1 heterocycles. The van der Waals surface area contributed by atoms with E-state index in [9.17, 15) is 0 Å². The molecule has 1 aliphatic carbocycles. The minimum atomic E-state index is 0.109. The molecule has 0 atom stereocenters. The fraction of sp³-hybridized carbons (Fsp3) is 0.625. The van der Waals surface area contributed by atoms with Gasteiger partial charge in [0.1, 0.15) is 0 Å². The molecule has 3 nitrogen and oxygen atoms in total. The van der Waals surface area contributed by atoms with E-state index in [2.05, 4.69) is 41.1 Å². The number of hydrogen-bond donors (Lipinski definition) is 1. The first-order valence-corrected chi connectivity index (χ1v) is 7.52. The van der Waals surface area contributed by atoms with Gasteiger partial charge in [0.25, 0.3) is 0 Å². The largest absolute Gasteiger partial charge is 0.371 e. The molecule has 0 spiro atoms. The van der Waals surface area contributed by atoms with Crippen LogP contribution in [0.3, 0.4) is 0 Å². The number of anilines is 2. The summed E-state index contributed by atoms with van der Waals surface area (Å²) in [6, 6.07) is 8.72. The molecule has 0 amide bonds. The van der Waals surface area contributed by atoms with E-state index in [-0.39, 0.29) is 5.54 Å². The number of fused-ring (bicyclic) bond motifs is 1. The molecule has 0 aromatic heterocycles. The molecule has 0 radical (unpaired) electrons. The Morgan fingerprint density at radius 3 is 2.53 bits per heavy atom. The van der Waals surface area contributed by atoms with Crippen molar-refractivity contribution in [2.45, 2.75) is 37.6 Å². The maximum atomic E-state index is 6.49. The van der Waals surface area contributed by atoms with Gasteiger partial charge in [-0.05, 0) is 31.4 Å². The fourth-order valence-electron chi connectivity index (χ4n) is 3.48. The molecule has 0 bridgehead atoms. The molecule has 3 rings (SSSR count). The zero-order valence-electron chi connectivity index (χ0n) is 11.9. The van der Waals surface area contributed by atoms with Crippen LogP contribution in [0, 0.1) is 0 Å². The Kier molecular flexibility index (Phi) is 3.40. The zero-order chi connectivity index (χ0) is 13.3. The summed E-state index contributed by atoms with van der Waals surface area (Å²) in [5.41, 5.74) is 9.32. The average molecular weight is 259 g/mol. The first kappa shape index (κ1) is 12.8. The number of nitrogens with two attached hydrogens (primary N) is 1. The van der Waals surface area contributed by atoms with Gasteiger partial charge in [-0.15, -0.1) is 0 Å². The van der Waals surface area contributed by atoms with E-state index >= 15 is 0 Å². The van der Waals surface area contributed by atoms with E-state index in [1.165, 1.54) is 37.1 Å². The first-order valence-electron chi connectivity index (χ1n) is 7.52. The maximum Gasteiger partial charge on any atom is 0.0604 e. The third kappa shape index (κ3) is 2.57. The van der Waals surface area contributed by atoms with Gasteiger partial charge in [0, 0.05) is 32.2 Å². The Balaban J connectivity index is 1.70. The number of benzene rings is 1. The van der Waals surface area contributed by atoms with Gasteiger partial charge in [-0.1, -0.05) is 25.0 Å². The number of likely N-dealkylation sites (N-methyl/N-ethyl adjacent to an activating group) is 1. The summed E-state index contributed by atoms with van der Waals surface area (Å²) in [5, 5.41) is 0. The minimum Gasteiger partial charge on any atom is -0.371 e. The summed E-state index contributed by atoms with van der Waals surface area (Å²) < 4.78 is 0. The van der Waals surface area contributed by atoms with Crippen molar-refractivity contribution in [3.63, 3.8) is 0 Å². The van der Waals surface area contributed by atoms with E-state index < -0.39 is 0 Å². The quantitative estimate of drug-likeness (QED) is 0.905. The van der Waals surface area contributed by atoms with Gasteiger partial charge in [0.15, 0.2) is 0 Å². The van der Waals surface area contributed by atoms with Crippen LogP contribution < -0.4 is 15.5 Å². The molecule has 2 N–H and O–H groups in total. The minimum absolute atomic E-state index is 0.109. The summed E-state index contributed by atoms with van der Waals surface area (Å²) in [6.45, 7) is 3.32. The van der Waals surface area contributed by atoms with Crippen molar-refractivity contribution < 1.29 is 0 Å². The molecule has 2 aliphatic rings. The van der Waals surface area contributed by atoms with Crippen LogP contribution in [-0.2, 0) is 0 Å². The van der Waals surface area contributed by atoms with Gasteiger partial charge in [0.05, 0.1) is 11.4 Å². The first-order chi connectivity index (χ1) is 9.18. The van der Waals surface area contributed by atoms with Crippen LogP contribution in [-0.4, -0.2) is 32.2 Å². The van der Waals surface area contributed by atoms with Crippen molar-refractivity contribution in [3.05, 3.63) is 24.3 Å². The maximum absolute atomic E-state index is 6.49. The lowest BCUT2D eigenvalue weighted by atomic mass is 9.94. The van der Waals surface area contributed by atoms with Crippen molar-refractivity contribution in [1.29, 1.82) is 0 Å². The topological polar surface area (TPSA) is 32.5 Å². The predicted molar refractivity (Wildman–Crippen MR) is 81.9 cm³/mol. The number of nitrogens with zero attached hydrogens (tertiary/aromatic N) is 2. The van der Waals surface area contributed by atoms with E-state index in [4.69, 9.17) is 5.73 Å². The molecule has 0 unspecified atom stereocenters. The molecular weight excluding hydrogens is 234 g/mol. The van der Waals surface area contributed by atoms with Gasteiger partial charge in [-0.2, -0.15) is 0 Å². The molecule has 0 saturated heterocycles. The Morgan fingerprint density at radius 1 is 1.11 bits per heavy atom. The summed E-state index contributed by atoms with van der Waals surface area (Å²) in [4.78, 5) is 4.86. The highest BCUT2D eigenvalue weighted by atomic mass is 15.2. The lowest BCUT2D eigenvalue weighted by Crippen LogP contribution is -2.44. The summed E-state index contributed by atoms with van der Waals surface area (Å²) in [6.07, 6.45) is 6.18. The van der Waals surface area contributed by atoms with Crippen LogP contribution in [0.5, 0.6) is 0 Å². The van der Waals surface area contributed by atoms with Crippen LogP contribution in [0.2, 0.25) is 0 Å². The lowest BCUT2D eigenvalue weighted by Gasteiger charge is -2.38. The van der Waals surface area contributed by atoms with Crippen LogP contribution in [0.4, 0.5) is 11.4 Å². The van der Waals surface area contributed by atoms with Crippen LogP contribution in [0.25, 0.3) is 0 Å². The van der Waals surface area contributed by atoms with Crippen LogP contribution in [0.1, 0.15) is 32.1 Å². The van der Waals surface area contributed by atoms with Crippen molar-refractivity contribution in [2.75, 3.05) is 36.5 Å². The summed E-state index contributed by atoms with van der Waals surface area (Å²) in [7, 11) is 2.18. The molecule has 104 valence electrons. The highest BCUT2D eigenvalue weighted by Crippen LogP contribution is 2.34. The second-order valence-electron chi connectivity index (χ2n) is 6.22.